The van der Waals surface area contributed by atoms with E-state index in [1.807, 2.05) is 25.9 Å². The van der Waals surface area contributed by atoms with Crippen molar-refractivity contribution in [2.45, 2.75) is 31.3 Å². The lowest BCUT2D eigenvalue weighted by Crippen LogP contribution is -2.49. The molecule has 0 aromatic heterocycles. The first kappa shape index (κ1) is 9.50. The van der Waals surface area contributed by atoms with Crippen LogP contribution in [0.4, 0.5) is 0 Å². The third kappa shape index (κ3) is 2.80. The monoisotopic (exact) mass is 167 g/mol. The number of nitrogens with zero attached hydrogens (tertiary/aromatic N) is 2. The van der Waals surface area contributed by atoms with E-state index in [2.05, 4.69) is 11.4 Å². The summed E-state index contributed by atoms with van der Waals surface area (Å²) in [7, 11) is 3.98. The lowest BCUT2D eigenvalue weighted by atomic mass is 10.0. The van der Waals surface area contributed by atoms with Gasteiger partial charge < -0.3 is 4.90 Å². The van der Waals surface area contributed by atoms with Crippen LogP contribution in [0.25, 0.3) is 0 Å². The largest absolute Gasteiger partial charge is 0.307 e. The summed E-state index contributed by atoms with van der Waals surface area (Å²) in [5.74, 6) is 0. The van der Waals surface area contributed by atoms with Crippen LogP contribution in [0.3, 0.4) is 0 Å². The molecule has 0 aliphatic heterocycles. The number of rotatable bonds is 4. The van der Waals surface area contributed by atoms with Gasteiger partial charge in [-0.2, -0.15) is 5.26 Å². The van der Waals surface area contributed by atoms with Crippen molar-refractivity contribution in [2.75, 3.05) is 20.6 Å². The molecule has 3 heteroatoms. The Hall–Kier alpha value is -0.590. The fraction of sp³-hybridized carbons (Fsp3) is 0.889. The van der Waals surface area contributed by atoms with E-state index in [9.17, 15) is 0 Å². The van der Waals surface area contributed by atoms with Crippen LogP contribution in [-0.4, -0.2) is 37.1 Å². The molecule has 1 unspecified atom stereocenters. The second-order valence-corrected chi connectivity index (χ2v) is 4.10. The van der Waals surface area contributed by atoms with E-state index in [1.165, 1.54) is 12.8 Å². The molecule has 0 spiro atoms. The third-order valence-corrected chi connectivity index (χ3v) is 1.98. The zero-order valence-electron chi connectivity index (χ0n) is 8.09. The molecule has 1 aliphatic rings. The van der Waals surface area contributed by atoms with Crippen LogP contribution in [0.15, 0.2) is 0 Å². The van der Waals surface area contributed by atoms with E-state index in [0.29, 0.717) is 6.04 Å². The number of likely N-dealkylation sites (N-methyl/N-ethyl adjacent to an activating group) is 1. The van der Waals surface area contributed by atoms with Crippen molar-refractivity contribution in [3.63, 3.8) is 0 Å². The molecule has 0 amide bonds. The molecule has 0 bridgehead atoms. The number of hydrogen-bond donors (Lipinski definition) is 1. The lowest BCUT2D eigenvalue weighted by molar-refractivity contribution is 0.299. The van der Waals surface area contributed by atoms with Crippen LogP contribution in [0.5, 0.6) is 0 Å². The Morgan fingerprint density at radius 2 is 2.17 bits per heavy atom. The second kappa shape index (κ2) is 3.42. The summed E-state index contributed by atoms with van der Waals surface area (Å²) in [6.45, 7) is 2.74. The topological polar surface area (TPSA) is 39.1 Å². The Kier molecular flexibility index (Phi) is 2.71. The zero-order valence-corrected chi connectivity index (χ0v) is 8.09. The summed E-state index contributed by atoms with van der Waals surface area (Å²) in [4.78, 5) is 2.04. The molecule has 68 valence electrons. The van der Waals surface area contributed by atoms with Gasteiger partial charge in [0.2, 0.25) is 0 Å². The zero-order chi connectivity index (χ0) is 9.19. The lowest BCUT2D eigenvalue weighted by Gasteiger charge is -2.26. The fourth-order valence-electron chi connectivity index (χ4n) is 1.42. The van der Waals surface area contributed by atoms with E-state index in [4.69, 9.17) is 5.26 Å². The van der Waals surface area contributed by atoms with Crippen LogP contribution in [0, 0.1) is 11.3 Å². The Labute approximate surface area is 74.4 Å². The van der Waals surface area contributed by atoms with E-state index < -0.39 is 0 Å². The van der Waals surface area contributed by atoms with Crippen LogP contribution in [0.1, 0.15) is 19.8 Å². The minimum atomic E-state index is -0.370. The summed E-state index contributed by atoms with van der Waals surface area (Å²) in [5.41, 5.74) is -0.370. The third-order valence-electron chi connectivity index (χ3n) is 1.98. The summed E-state index contributed by atoms with van der Waals surface area (Å²) in [6.07, 6.45) is 2.45. The molecule has 0 radical (unpaired) electrons. The minimum Gasteiger partial charge on any atom is -0.307 e. The van der Waals surface area contributed by atoms with Gasteiger partial charge in [0, 0.05) is 12.6 Å². The van der Waals surface area contributed by atoms with Crippen LogP contribution in [0.2, 0.25) is 0 Å². The van der Waals surface area contributed by atoms with Gasteiger partial charge in [0.25, 0.3) is 0 Å². The molecule has 1 fully saturated rings. The number of hydrogen-bond acceptors (Lipinski definition) is 3. The van der Waals surface area contributed by atoms with E-state index in [-0.39, 0.29) is 5.54 Å². The molecule has 0 heterocycles. The van der Waals surface area contributed by atoms with Gasteiger partial charge in [0.15, 0.2) is 0 Å². The van der Waals surface area contributed by atoms with Gasteiger partial charge in [-0.3, -0.25) is 5.32 Å². The SMILES string of the molecule is CN(C)CC(C)(C#N)NC1CC1. The predicted octanol–water partition coefficient (Wildman–Crippen LogP) is 0.582. The summed E-state index contributed by atoms with van der Waals surface area (Å²) < 4.78 is 0. The molecule has 3 nitrogen and oxygen atoms in total. The predicted molar refractivity (Wildman–Crippen MR) is 48.7 cm³/mol. The Morgan fingerprint density at radius 3 is 2.50 bits per heavy atom. The van der Waals surface area contributed by atoms with Crippen molar-refractivity contribution < 1.29 is 0 Å². The van der Waals surface area contributed by atoms with Crippen molar-refractivity contribution in [2.24, 2.45) is 0 Å². The molecule has 1 aliphatic carbocycles. The first-order chi connectivity index (χ1) is 5.56. The fourth-order valence-corrected chi connectivity index (χ4v) is 1.42. The Balaban J connectivity index is 2.43. The molecule has 0 aromatic rings. The van der Waals surface area contributed by atoms with E-state index in [0.717, 1.165) is 6.54 Å². The number of nitrogens with one attached hydrogen (secondary N) is 1. The maximum Gasteiger partial charge on any atom is 0.116 e. The number of nitriles is 1. The molecule has 1 rings (SSSR count). The maximum absolute atomic E-state index is 8.97. The molecular formula is C9H17N3. The van der Waals surface area contributed by atoms with Crippen molar-refractivity contribution in [3.05, 3.63) is 0 Å². The normalized spacial score (nSPS) is 21.9. The van der Waals surface area contributed by atoms with Gasteiger partial charge in [-0.25, -0.2) is 0 Å². The maximum atomic E-state index is 8.97. The standard InChI is InChI=1S/C9H17N3/c1-9(6-10,7-12(2)3)11-8-4-5-8/h8,11H,4-5,7H2,1-3H3. The van der Waals surface area contributed by atoms with Crippen molar-refractivity contribution in [1.29, 1.82) is 5.26 Å². The highest BCUT2D eigenvalue weighted by Crippen LogP contribution is 2.22. The highest BCUT2D eigenvalue weighted by Gasteiger charge is 2.32. The molecule has 1 N–H and O–H groups in total. The molecular weight excluding hydrogens is 150 g/mol. The second-order valence-electron chi connectivity index (χ2n) is 4.10. The van der Waals surface area contributed by atoms with Crippen LogP contribution >= 0.6 is 0 Å². The molecule has 1 saturated carbocycles. The van der Waals surface area contributed by atoms with Gasteiger partial charge in [-0.1, -0.05) is 0 Å². The quantitative estimate of drug-likeness (QED) is 0.666. The Morgan fingerprint density at radius 1 is 1.58 bits per heavy atom. The summed E-state index contributed by atoms with van der Waals surface area (Å²) in [6, 6.07) is 2.92. The van der Waals surface area contributed by atoms with Gasteiger partial charge in [0.1, 0.15) is 5.54 Å². The van der Waals surface area contributed by atoms with Crippen LogP contribution in [-0.2, 0) is 0 Å². The highest BCUT2D eigenvalue weighted by molar-refractivity contribution is 5.08. The van der Waals surface area contributed by atoms with Gasteiger partial charge in [-0.05, 0) is 33.9 Å². The minimum absolute atomic E-state index is 0.370. The van der Waals surface area contributed by atoms with Gasteiger partial charge in [-0.15, -0.1) is 0 Å². The van der Waals surface area contributed by atoms with Crippen molar-refractivity contribution in [1.82, 2.24) is 10.2 Å². The average Bonchev–Trinajstić information content (AvgIpc) is 2.70. The molecule has 0 saturated heterocycles. The van der Waals surface area contributed by atoms with Crippen molar-refractivity contribution >= 4 is 0 Å². The van der Waals surface area contributed by atoms with Gasteiger partial charge >= 0.3 is 0 Å². The highest BCUT2D eigenvalue weighted by atomic mass is 15.1. The van der Waals surface area contributed by atoms with Crippen molar-refractivity contribution in [3.8, 4) is 6.07 Å². The first-order valence-corrected chi connectivity index (χ1v) is 4.39. The summed E-state index contributed by atoms with van der Waals surface area (Å²) in [5, 5.41) is 12.3. The molecule has 12 heavy (non-hydrogen) atoms. The van der Waals surface area contributed by atoms with Gasteiger partial charge in [0.05, 0.1) is 6.07 Å². The molecule has 1 atom stereocenters. The average molecular weight is 167 g/mol. The first-order valence-electron chi connectivity index (χ1n) is 4.39. The van der Waals surface area contributed by atoms with E-state index in [1.54, 1.807) is 0 Å². The summed E-state index contributed by atoms with van der Waals surface area (Å²) >= 11 is 0. The smallest absolute Gasteiger partial charge is 0.116 e. The van der Waals surface area contributed by atoms with Crippen LogP contribution < -0.4 is 5.32 Å². The molecule has 0 aromatic carbocycles. The van der Waals surface area contributed by atoms with E-state index >= 15 is 0 Å². The Bertz CT molecular complexity index is 184.